The van der Waals surface area contributed by atoms with Crippen molar-refractivity contribution < 1.29 is 4.74 Å². The Morgan fingerprint density at radius 3 is 1.54 bits per heavy atom. The number of benzene rings is 4. The van der Waals surface area contributed by atoms with E-state index in [1.165, 1.54) is 32.7 Å². The van der Waals surface area contributed by atoms with E-state index < -0.39 is 0 Å². The normalized spacial score (nSPS) is 14.1. The van der Waals surface area contributed by atoms with Crippen molar-refractivity contribution in [3.8, 4) is 11.5 Å². The first-order valence-electron chi connectivity index (χ1n) is 9.25. The van der Waals surface area contributed by atoms with Gasteiger partial charge >= 0.3 is 0 Å². The molecule has 0 aromatic heterocycles. The van der Waals surface area contributed by atoms with E-state index >= 15 is 0 Å². The first kappa shape index (κ1) is 15.5. The molecule has 0 spiro atoms. The van der Waals surface area contributed by atoms with Crippen LogP contribution in [-0.2, 0) is 0 Å². The Hall–Kier alpha value is -2.80. The van der Waals surface area contributed by atoms with Gasteiger partial charge in [0.1, 0.15) is 11.5 Å². The molecule has 128 valence electrons. The monoisotopic (exact) mass is 338 g/mol. The number of fused-ring (bicyclic) bond motifs is 6. The summed E-state index contributed by atoms with van der Waals surface area (Å²) in [5, 5.41) is 5.13. The maximum atomic E-state index is 6.42. The molecule has 1 aliphatic rings. The molecule has 4 aromatic carbocycles. The molecule has 0 saturated carbocycles. The van der Waals surface area contributed by atoms with Crippen molar-refractivity contribution >= 4 is 21.5 Å². The van der Waals surface area contributed by atoms with Crippen LogP contribution in [0, 0.1) is 5.41 Å². The molecule has 4 aromatic rings. The van der Waals surface area contributed by atoms with Gasteiger partial charge in [0.05, 0.1) is 0 Å². The highest BCUT2D eigenvalue weighted by atomic mass is 16.5. The fourth-order valence-electron chi connectivity index (χ4n) is 4.45. The topological polar surface area (TPSA) is 9.23 Å². The van der Waals surface area contributed by atoms with Crippen LogP contribution >= 0.6 is 0 Å². The van der Waals surface area contributed by atoms with E-state index in [1.54, 1.807) is 0 Å². The van der Waals surface area contributed by atoms with Crippen molar-refractivity contribution in [3.05, 3.63) is 83.9 Å². The summed E-state index contributed by atoms with van der Waals surface area (Å²) in [4.78, 5) is 0. The number of hydrogen-bond donors (Lipinski definition) is 0. The highest BCUT2D eigenvalue weighted by Gasteiger charge is 2.38. The number of rotatable bonds is 0. The van der Waals surface area contributed by atoms with Crippen LogP contribution in [0.25, 0.3) is 21.5 Å². The van der Waals surface area contributed by atoms with E-state index in [0.29, 0.717) is 0 Å². The summed E-state index contributed by atoms with van der Waals surface area (Å²) in [5.74, 6) is 2.26. The molecule has 0 amide bonds. The molecule has 1 aliphatic heterocycles. The summed E-state index contributed by atoms with van der Waals surface area (Å²) in [7, 11) is 0. The molecule has 26 heavy (non-hydrogen) atoms. The molecule has 0 atom stereocenters. The zero-order chi connectivity index (χ0) is 17.9. The van der Waals surface area contributed by atoms with E-state index in [1.807, 2.05) is 0 Å². The lowest BCUT2D eigenvalue weighted by molar-refractivity contribution is 0.329. The predicted octanol–water partition coefficient (Wildman–Crippen LogP) is 7.28. The van der Waals surface area contributed by atoms with Gasteiger partial charge in [-0.1, -0.05) is 81.4 Å². The Labute approximate surface area is 154 Å². The van der Waals surface area contributed by atoms with Gasteiger partial charge in [0, 0.05) is 17.0 Å². The average Bonchev–Trinajstić information content (AvgIpc) is 2.65. The molecular weight excluding hydrogens is 316 g/mol. The van der Waals surface area contributed by atoms with Crippen LogP contribution in [0.15, 0.2) is 72.8 Å². The molecule has 0 aliphatic carbocycles. The van der Waals surface area contributed by atoms with Crippen molar-refractivity contribution in [1.82, 2.24) is 0 Å². The predicted molar refractivity (Wildman–Crippen MR) is 109 cm³/mol. The fourth-order valence-corrected chi connectivity index (χ4v) is 4.45. The van der Waals surface area contributed by atoms with Gasteiger partial charge in [-0.15, -0.1) is 0 Å². The molecule has 1 heteroatoms. The lowest BCUT2D eigenvalue weighted by Crippen LogP contribution is -2.24. The lowest BCUT2D eigenvalue weighted by Gasteiger charge is -2.38. The minimum Gasteiger partial charge on any atom is -0.457 e. The first-order chi connectivity index (χ1) is 12.5. The van der Waals surface area contributed by atoms with Crippen LogP contribution < -0.4 is 4.74 Å². The number of hydrogen-bond acceptors (Lipinski definition) is 1. The molecule has 0 saturated heterocycles. The van der Waals surface area contributed by atoms with Crippen molar-refractivity contribution in [1.29, 1.82) is 0 Å². The minimum atomic E-state index is 0.0710. The SMILES string of the molecule is CC(C)(C)C1c2c(ccc3ccccc23)Oc2ccc3ccccc3c21. The molecule has 0 unspecified atom stereocenters. The Morgan fingerprint density at radius 1 is 0.615 bits per heavy atom. The second-order valence-electron chi connectivity index (χ2n) is 8.30. The number of ether oxygens (including phenoxy) is 1. The second kappa shape index (κ2) is 5.35. The highest BCUT2D eigenvalue weighted by Crippen LogP contribution is 2.55. The highest BCUT2D eigenvalue weighted by molar-refractivity contribution is 5.94. The van der Waals surface area contributed by atoms with Crippen molar-refractivity contribution in [2.45, 2.75) is 26.7 Å². The molecule has 0 radical (unpaired) electrons. The van der Waals surface area contributed by atoms with Gasteiger partial charge < -0.3 is 4.74 Å². The zero-order valence-corrected chi connectivity index (χ0v) is 15.4. The van der Waals surface area contributed by atoms with Gasteiger partial charge in [-0.3, -0.25) is 0 Å². The summed E-state index contributed by atoms with van der Waals surface area (Å²) in [5.41, 5.74) is 2.71. The van der Waals surface area contributed by atoms with Gasteiger partial charge in [-0.25, -0.2) is 0 Å². The maximum absolute atomic E-state index is 6.42. The van der Waals surface area contributed by atoms with E-state index in [0.717, 1.165) is 11.5 Å². The van der Waals surface area contributed by atoms with Gasteiger partial charge in [0.25, 0.3) is 0 Å². The standard InChI is InChI=1S/C25H22O/c1-25(2,3)24-22-18-10-6-4-8-16(18)12-14-20(22)26-21-15-13-17-9-5-7-11-19(17)23(21)24/h4-15,24H,1-3H3. The molecule has 1 nitrogen and oxygen atoms in total. The summed E-state index contributed by atoms with van der Waals surface area (Å²) in [6.45, 7) is 7.00. The van der Waals surface area contributed by atoms with Gasteiger partial charge in [-0.2, -0.15) is 0 Å². The third-order valence-electron chi connectivity index (χ3n) is 5.52. The summed E-state index contributed by atoms with van der Waals surface area (Å²) >= 11 is 0. The first-order valence-corrected chi connectivity index (χ1v) is 9.25. The van der Waals surface area contributed by atoms with E-state index in [4.69, 9.17) is 4.74 Å². The molecule has 5 rings (SSSR count). The second-order valence-corrected chi connectivity index (χ2v) is 8.30. The quantitative estimate of drug-likeness (QED) is 0.327. The Balaban J connectivity index is 1.92. The average molecular weight is 338 g/mol. The fraction of sp³-hybridized carbons (Fsp3) is 0.200. The van der Waals surface area contributed by atoms with Crippen LogP contribution in [0.1, 0.15) is 37.8 Å². The van der Waals surface area contributed by atoms with E-state index in [2.05, 4.69) is 93.6 Å². The molecule has 0 fully saturated rings. The smallest absolute Gasteiger partial charge is 0.131 e. The largest absolute Gasteiger partial charge is 0.457 e. The third kappa shape index (κ3) is 2.17. The molecular formula is C25H22O. The molecule has 1 heterocycles. The van der Waals surface area contributed by atoms with Gasteiger partial charge in [0.15, 0.2) is 0 Å². The third-order valence-corrected chi connectivity index (χ3v) is 5.52. The Kier molecular flexibility index (Phi) is 3.18. The molecule has 0 N–H and O–H groups in total. The van der Waals surface area contributed by atoms with Gasteiger partial charge in [-0.05, 0) is 39.1 Å². The molecule has 0 bridgehead atoms. The zero-order valence-electron chi connectivity index (χ0n) is 15.4. The summed E-state index contributed by atoms with van der Waals surface area (Å²) < 4.78 is 6.42. The van der Waals surface area contributed by atoms with Crippen LogP contribution in [0.4, 0.5) is 0 Å². The van der Waals surface area contributed by atoms with Crippen LogP contribution in [0.2, 0.25) is 0 Å². The van der Waals surface area contributed by atoms with Crippen LogP contribution in [0.3, 0.4) is 0 Å². The van der Waals surface area contributed by atoms with E-state index in [-0.39, 0.29) is 11.3 Å². The summed E-state index contributed by atoms with van der Waals surface area (Å²) in [6, 6.07) is 25.9. The lowest BCUT2D eigenvalue weighted by atomic mass is 9.69. The minimum absolute atomic E-state index is 0.0710. The Bertz CT molecular complexity index is 1060. The van der Waals surface area contributed by atoms with Gasteiger partial charge in [0.2, 0.25) is 0 Å². The van der Waals surface area contributed by atoms with Crippen molar-refractivity contribution in [2.75, 3.05) is 0 Å². The van der Waals surface area contributed by atoms with E-state index in [9.17, 15) is 0 Å². The van der Waals surface area contributed by atoms with Crippen molar-refractivity contribution in [2.24, 2.45) is 5.41 Å². The van der Waals surface area contributed by atoms with Crippen molar-refractivity contribution in [3.63, 3.8) is 0 Å². The van der Waals surface area contributed by atoms with Crippen LogP contribution in [-0.4, -0.2) is 0 Å². The summed E-state index contributed by atoms with van der Waals surface area (Å²) in [6.07, 6.45) is 0. The maximum Gasteiger partial charge on any atom is 0.131 e. The van der Waals surface area contributed by atoms with Crippen LogP contribution in [0.5, 0.6) is 11.5 Å². The Morgan fingerprint density at radius 2 is 1.08 bits per heavy atom.